The number of carbonyl (C=O) groups is 4. The standard InChI is InChI=1S/C42H47ClN10O4/c1-26-20-42(25-52(26)29-5-7-35(44-2)34(43)19-29)12-16-50(17-13-42)41-45-21-30(22-46-41)49-14-10-27(11-15-49)51-23-31(24-51)48(3)28-4-6-32-33(18-28)40(57)53(39(32)56)36-8-9-37(54)47-38(36)55/h4-7,18-19,21-22,26-27,31,36H,8-17,20,23-25H2,1,3H3,(H,47,54,55)/t26-,36?/m0/s1. The molecule has 9 rings (SSSR count). The van der Waals surface area contributed by atoms with Gasteiger partial charge in [0.1, 0.15) is 6.04 Å². The summed E-state index contributed by atoms with van der Waals surface area (Å²) >= 11 is 6.39. The molecule has 1 spiro atoms. The molecule has 0 bridgehead atoms. The maximum absolute atomic E-state index is 13.3. The third-order valence-corrected chi connectivity index (χ3v) is 13.8. The van der Waals surface area contributed by atoms with Gasteiger partial charge in [0.2, 0.25) is 23.5 Å². The van der Waals surface area contributed by atoms with Gasteiger partial charge in [-0.25, -0.2) is 14.8 Å². The average molecular weight is 791 g/mol. The molecule has 296 valence electrons. The molecule has 14 nitrogen and oxygen atoms in total. The highest BCUT2D eigenvalue weighted by Gasteiger charge is 2.46. The Hall–Kier alpha value is -5.26. The van der Waals surface area contributed by atoms with Crippen LogP contribution in [0.1, 0.15) is 72.6 Å². The molecule has 1 aromatic heterocycles. The molecule has 57 heavy (non-hydrogen) atoms. The second kappa shape index (κ2) is 14.6. The summed E-state index contributed by atoms with van der Waals surface area (Å²) in [5, 5.41) is 2.77. The Morgan fingerprint density at radius 2 is 1.61 bits per heavy atom. The van der Waals surface area contributed by atoms with E-state index in [1.165, 1.54) is 0 Å². The minimum Gasteiger partial charge on any atom is -0.369 e. The van der Waals surface area contributed by atoms with Gasteiger partial charge >= 0.3 is 0 Å². The van der Waals surface area contributed by atoms with Crippen molar-refractivity contribution in [1.29, 1.82) is 0 Å². The summed E-state index contributed by atoms with van der Waals surface area (Å²) in [7, 11) is 2.02. The van der Waals surface area contributed by atoms with Gasteiger partial charge in [0.25, 0.3) is 11.8 Å². The predicted molar refractivity (Wildman–Crippen MR) is 217 cm³/mol. The SMILES string of the molecule is [C-]#[N+]c1ccc(N2CC3(CCN(c4ncc(N5CCC(N6CC(N(C)c7ccc8c(c7)C(=O)N(C7CCC(=O)NC7=O)C8=O)C6)CC5)cn4)CC3)C[C@@H]2C)cc1Cl. The van der Waals surface area contributed by atoms with Gasteiger partial charge in [-0.3, -0.25) is 34.3 Å². The summed E-state index contributed by atoms with van der Waals surface area (Å²) in [6.45, 7) is 16.2. The lowest BCUT2D eigenvalue weighted by atomic mass is 9.77. The van der Waals surface area contributed by atoms with Gasteiger partial charge in [-0.2, -0.15) is 0 Å². The number of carbonyl (C=O) groups excluding carboxylic acids is 4. The maximum Gasteiger partial charge on any atom is 0.262 e. The van der Waals surface area contributed by atoms with E-state index < -0.39 is 23.8 Å². The van der Waals surface area contributed by atoms with Crippen LogP contribution in [0.4, 0.5) is 28.7 Å². The average Bonchev–Trinajstić information content (AvgIpc) is 3.65. The number of likely N-dealkylation sites (tertiary alicyclic amines) is 1. The Bertz CT molecular complexity index is 2150. The third kappa shape index (κ3) is 6.74. The van der Waals surface area contributed by atoms with Crippen LogP contribution in [0.2, 0.25) is 5.02 Å². The molecule has 5 saturated heterocycles. The lowest BCUT2D eigenvalue weighted by Crippen LogP contribution is -2.63. The van der Waals surface area contributed by atoms with Crippen LogP contribution in [0.5, 0.6) is 0 Å². The van der Waals surface area contributed by atoms with Crippen LogP contribution in [0, 0.1) is 12.0 Å². The Kier molecular flexibility index (Phi) is 9.56. The van der Waals surface area contributed by atoms with E-state index in [0.29, 0.717) is 33.9 Å². The lowest BCUT2D eigenvalue weighted by molar-refractivity contribution is -0.136. The summed E-state index contributed by atoms with van der Waals surface area (Å²) in [5.74, 6) is -1.16. The van der Waals surface area contributed by atoms with Crippen LogP contribution in [0.3, 0.4) is 0 Å². The molecule has 5 fully saturated rings. The first-order chi connectivity index (χ1) is 27.5. The molecular weight excluding hydrogens is 744 g/mol. The summed E-state index contributed by atoms with van der Waals surface area (Å²) in [6.07, 6.45) is 9.64. The van der Waals surface area contributed by atoms with Crippen molar-refractivity contribution < 1.29 is 19.2 Å². The molecule has 0 saturated carbocycles. The van der Waals surface area contributed by atoms with E-state index >= 15 is 0 Å². The summed E-state index contributed by atoms with van der Waals surface area (Å²) in [5.41, 5.74) is 4.37. The van der Waals surface area contributed by atoms with Crippen LogP contribution in [-0.4, -0.2) is 120 Å². The quantitative estimate of drug-likeness (QED) is 0.263. The number of nitrogens with one attached hydrogen (secondary N) is 1. The third-order valence-electron chi connectivity index (χ3n) is 13.5. The molecular formula is C42H47ClN10O4. The van der Waals surface area contributed by atoms with Crippen molar-refractivity contribution >= 4 is 63.9 Å². The van der Waals surface area contributed by atoms with E-state index in [9.17, 15) is 19.2 Å². The molecule has 1 N–H and O–H groups in total. The van der Waals surface area contributed by atoms with E-state index in [2.05, 4.69) is 41.6 Å². The van der Waals surface area contributed by atoms with Gasteiger partial charge in [-0.1, -0.05) is 17.7 Å². The fourth-order valence-electron chi connectivity index (χ4n) is 10.0. The Balaban J connectivity index is 0.738. The van der Waals surface area contributed by atoms with Crippen LogP contribution in [-0.2, 0) is 9.59 Å². The molecule has 3 aromatic rings. The molecule has 6 aliphatic heterocycles. The van der Waals surface area contributed by atoms with Crippen molar-refractivity contribution in [3.05, 3.63) is 76.4 Å². The number of hydrogen-bond donors (Lipinski definition) is 1. The highest BCUT2D eigenvalue weighted by Crippen LogP contribution is 2.46. The number of aromatic nitrogens is 2. The van der Waals surface area contributed by atoms with Crippen LogP contribution in [0.15, 0.2) is 48.8 Å². The zero-order valence-corrected chi connectivity index (χ0v) is 33.1. The van der Waals surface area contributed by atoms with Crippen LogP contribution >= 0.6 is 11.6 Å². The van der Waals surface area contributed by atoms with E-state index in [4.69, 9.17) is 28.1 Å². The second-order valence-electron chi connectivity index (χ2n) is 16.8. The minimum atomic E-state index is -0.971. The number of rotatable bonds is 7. The number of benzene rings is 2. The van der Waals surface area contributed by atoms with Gasteiger partial charge in [0.15, 0.2) is 0 Å². The Morgan fingerprint density at radius 1 is 0.895 bits per heavy atom. The Labute approximate surface area is 337 Å². The highest BCUT2D eigenvalue weighted by atomic mass is 35.5. The summed E-state index contributed by atoms with van der Waals surface area (Å²) in [4.78, 5) is 76.6. The lowest BCUT2D eigenvalue weighted by Gasteiger charge is -2.50. The second-order valence-corrected chi connectivity index (χ2v) is 17.2. The number of hydrogen-bond acceptors (Lipinski definition) is 11. The van der Waals surface area contributed by atoms with E-state index in [0.717, 1.165) is 106 Å². The van der Waals surface area contributed by atoms with Crippen LogP contribution in [0.25, 0.3) is 4.85 Å². The largest absolute Gasteiger partial charge is 0.369 e. The zero-order valence-electron chi connectivity index (χ0n) is 32.4. The van der Waals surface area contributed by atoms with E-state index in [-0.39, 0.29) is 30.2 Å². The van der Waals surface area contributed by atoms with E-state index in [1.54, 1.807) is 12.1 Å². The topological polar surface area (TPSA) is 130 Å². The van der Waals surface area contributed by atoms with Crippen molar-refractivity contribution in [2.24, 2.45) is 5.41 Å². The molecule has 2 atom stereocenters. The minimum absolute atomic E-state index is 0.0954. The summed E-state index contributed by atoms with van der Waals surface area (Å²) < 4.78 is 0. The number of anilines is 4. The first-order valence-corrected chi connectivity index (χ1v) is 20.5. The molecule has 4 amide bonds. The number of halogens is 1. The van der Waals surface area contributed by atoms with Gasteiger partial charge in [0.05, 0.1) is 41.8 Å². The number of imide groups is 2. The van der Waals surface area contributed by atoms with Crippen molar-refractivity contribution in [1.82, 2.24) is 25.1 Å². The number of likely N-dealkylation sites (N-methyl/N-ethyl adjacent to an activating group) is 1. The monoisotopic (exact) mass is 790 g/mol. The molecule has 6 aliphatic rings. The maximum atomic E-state index is 13.3. The first kappa shape index (κ1) is 37.3. The smallest absolute Gasteiger partial charge is 0.262 e. The highest BCUT2D eigenvalue weighted by molar-refractivity contribution is 6.33. The fourth-order valence-corrected chi connectivity index (χ4v) is 10.2. The zero-order chi connectivity index (χ0) is 39.6. The molecule has 0 aliphatic carbocycles. The van der Waals surface area contributed by atoms with E-state index in [1.807, 2.05) is 43.7 Å². The van der Waals surface area contributed by atoms with Crippen molar-refractivity contribution in [3.63, 3.8) is 0 Å². The number of piperidine rings is 3. The molecule has 15 heteroatoms. The number of fused-ring (bicyclic) bond motifs is 1. The van der Waals surface area contributed by atoms with Gasteiger partial charge in [0, 0.05) is 87.8 Å². The Morgan fingerprint density at radius 3 is 2.30 bits per heavy atom. The molecule has 2 aromatic carbocycles. The number of amides is 4. The molecule has 7 heterocycles. The summed E-state index contributed by atoms with van der Waals surface area (Å²) in [6, 6.07) is 11.3. The normalized spacial score (nSPS) is 24.2. The molecule has 0 radical (unpaired) electrons. The van der Waals surface area contributed by atoms with Gasteiger partial charge in [-0.15, -0.1) is 0 Å². The van der Waals surface area contributed by atoms with Crippen LogP contribution < -0.4 is 24.9 Å². The number of nitrogens with zero attached hydrogens (tertiary/aromatic N) is 9. The van der Waals surface area contributed by atoms with Gasteiger partial charge < -0.3 is 19.6 Å². The van der Waals surface area contributed by atoms with Crippen molar-refractivity contribution in [2.75, 3.05) is 72.5 Å². The van der Waals surface area contributed by atoms with Crippen molar-refractivity contribution in [2.45, 2.75) is 76.0 Å². The van der Waals surface area contributed by atoms with Crippen molar-refractivity contribution in [3.8, 4) is 0 Å². The molecule has 1 unspecified atom stereocenters. The first-order valence-electron chi connectivity index (χ1n) is 20.1. The van der Waals surface area contributed by atoms with Gasteiger partial charge in [-0.05, 0) is 81.2 Å². The fraction of sp³-hybridized carbons (Fsp3) is 0.500. The predicted octanol–water partition coefficient (Wildman–Crippen LogP) is 4.76.